The number of aryl methyl sites for hydroxylation is 2. The second-order valence-electron chi connectivity index (χ2n) is 6.25. The first kappa shape index (κ1) is 17.5. The van der Waals surface area contributed by atoms with Crippen LogP contribution in [0.25, 0.3) is 0 Å². The average Bonchev–Trinajstić information content (AvgIpc) is 2.84. The molecule has 0 radical (unpaired) electrons. The summed E-state index contributed by atoms with van der Waals surface area (Å²) < 4.78 is 23.3. The van der Waals surface area contributed by atoms with Gasteiger partial charge in [0.15, 0.2) is 0 Å². The normalized spacial score (nSPS) is 22.5. The molecule has 0 saturated heterocycles. The fourth-order valence-corrected chi connectivity index (χ4v) is 5.12. The third kappa shape index (κ3) is 5.39. The minimum absolute atomic E-state index is 0.0185. The van der Waals surface area contributed by atoms with Crippen LogP contribution in [-0.2, 0) is 21.1 Å². The van der Waals surface area contributed by atoms with Crippen LogP contribution in [-0.4, -0.2) is 31.9 Å². The summed E-state index contributed by atoms with van der Waals surface area (Å²) in [7, 11) is -3.00. The molecule has 22 heavy (non-hydrogen) atoms. The number of thiophene rings is 1. The van der Waals surface area contributed by atoms with Crippen molar-refractivity contribution in [1.29, 1.82) is 0 Å². The number of hydrogen-bond donors (Lipinski definition) is 1. The summed E-state index contributed by atoms with van der Waals surface area (Å²) in [6, 6.07) is 4.24. The number of nitrogens with one attached hydrogen (secondary N) is 1. The quantitative estimate of drug-likeness (QED) is 0.864. The van der Waals surface area contributed by atoms with Gasteiger partial charge in [-0.05, 0) is 51.2 Å². The van der Waals surface area contributed by atoms with Gasteiger partial charge in [-0.1, -0.05) is 6.42 Å². The number of carbonyl (C=O) groups excluding carboxylic acids is 1. The van der Waals surface area contributed by atoms with E-state index in [2.05, 4.69) is 24.4 Å². The first-order valence-corrected chi connectivity index (χ1v) is 10.7. The van der Waals surface area contributed by atoms with Crippen LogP contribution in [0.15, 0.2) is 12.1 Å². The second-order valence-corrected chi connectivity index (χ2v) is 9.95. The molecule has 1 heterocycles. The molecular formula is C16H25NO3S2. The van der Waals surface area contributed by atoms with Crippen LogP contribution in [0.5, 0.6) is 0 Å². The van der Waals surface area contributed by atoms with Gasteiger partial charge in [-0.25, -0.2) is 8.42 Å². The van der Waals surface area contributed by atoms with Gasteiger partial charge in [-0.2, -0.15) is 0 Å². The molecule has 4 nitrogen and oxygen atoms in total. The summed E-state index contributed by atoms with van der Waals surface area (Å²) in [4.78, 5) is 14.6. The number of sulfone groups is 1. The van der Waals surface area contributed by atoms with Crippen molar-refractivity contribution in [3.05, 3.63) is 21.9 Å². The van der Waals surface area contributed by atoms with Crippen molar-refractivity contribution in [1.82, 2.24) is 5.32 Å². The van der Waals surface area contributed by atoms with Gasteiger partial charge in [0, 0.05) is 28.5 Å². The van der Waals surface area contributed by atoms with Crippen LogP contribution in [0.3, 0.4) is 0 Å². The van der Waals surface area contributed by atoms with Gasteiger partial charge >= 0.3 is 0 Å². The molecule has 0 spiro atoms. The lowest BCUT2D eigenvalue weighted by molar-refractivity contribution is -0.122. The molecule has 1 aliphatic rings. The minimum Gasteiger partial charge on any atom is -0.353 e. The highest BCUT2D eigenvalue weighted by Gasteiger charge is 2.29. The zero-order valence-corrected chi connectivity index (χ0v) is 14.9. The summed E-state index contributed by atoms with van der Waals surface area (Å²) in [5.74, 6) is 0.0485. The van der Waals surface area contributed by atoms with Crippen LogP contribution in [0.1, 0.15) is 48.3 Å². The second kappa shape index (κ2) is 7.59. The molecule has 0 unspecified atom stereocenters. The molecule has 0 aliphatic heterocycles. The van der Waals surface area contributed by atoms with E-state index in [4.69, 9.17) is 0 Å². The number of rotatable bonds is 6. The molecule has 6 heteroatoms. The number of carbonyl (C=O) groups is 1. The average molecular weight is 344 g/mol. The van der Waals surface area contributed by atoms with E-state index in [9.17, 15) is 13.2 Å². The Labute approximate surface area is 137 Å². The molecule has 1 aliphatic carbocycles. The first-order chi connectivity index (χ1) is 10.3. The van der Waals surface area contributed by atoms with Crippen molar-refractivity contribution in [3.8, 4) is 0 Å². The van der Waals surface area contributed by atoms with Gasteiger partial charge in [-0.15, -0.1) is 11.3 Å². The molecule has 124 valence electrons. The lowest BCUT2D eigenvalue weighted by Crippen LogP contribution is -2.41. The topological polar surface area (TPSA) is 63.2 Å². The standard InChI is InChI=1S/C16H25NO3S2/c1-12-9-10-14(21-12)6-4-8-16(18)17-13-5-3-7-15(11-13)22(2,19)20/h9-10,13,15H,3-8,11H2,1-2H3,(H,17,18)/t13-,15-/m0/s1. The van der Waals surface area contributed by atoms with Crippen molar-refractivity contribution in [2.24, 2.45) is 0 Å². The smallest absolute Gasteiger partial charge is 0.220 e. The Balaban J connectivity index is 1.72. The zero-order valence-electron chi connectivity index (χ0n) is 13.3. The zero-order chi connectivity index (χ0) is 16.2. The van der Waals surface area contributed by atoms with Gasteiger partial charge < -0.3 is 5.32 Å². The highest BCUT2D eigenvalue weighted by atomic mass is 32.2. The van der Waals surface area contributed by atoms with E-state index in [0.717, 1.165) is 32.1 Å². The van der Waals surface area contributed by atoms with Crippen molar-refractivity contribution in [3.63, 3.8) is 0 Å². The Morgan fingerprint density at radius 3 is 2.77 bits per heavy atom. The van der Waals surface area contributed by atoms with Crippen molar-refractivity contribution in [2.45, 2.75) is 63.2 Å². The van der Waals surface area contributed by atoms with Crippen LogP contribution in [0.4, 0.5) is 0 Å². The lowest BCUT2D eigenvalue weighted by atomic mass is 9.95. The SMILES string of the molecule is Cc1ccc(CCCC(=O)N[C@H]2CCC[C@H](S(C)(=O)=O)C2)s1. The van der Waals surface area contributed by atoms with Crippen LogP contribution in [0, 0.1) is 6.92 Å². The molecule has 1 aromatic rings. The highest BCUT2D eigenvalue weighted by molar-refractivity contribution is 7.91. The Morgan fingerprint density at radius 2 is 2.14 bits per heavy atom. The van der Waals surface area contributed by atoms with Crippen molar-refractivity contribution >= 4 is 27.1 Å². The van der Waals surface area contributed by atoms with Gasteiger partial charge in [0.2, 0.25) is 5.91 Å². The Kier molecular flexibility index (Phi) is 6.03. The summed E-state index contributed by atoms with van der Waals surface area (Å²) in [6.45, 7) is 2.09. The third-order valence-corrected chi connectivity index (χ3v) is 6.92. The largest absolute Gasteiger partial charge is 0.353 e. The Bertz CT molecular complexity index is 607. The van der Waals surface area contributed by atoms with Crippen molar-refractivity contribution < 1.29 is 13.2 Å². The maximum Gasteiger partial charge on any atom is 0.220 e. The molecule has 0 bridgehead atoms. The minimum atomic E-state index is -3.00. The van der Waals surface area contributed by atoms with Gasteiger partial charge in [0.25, 0.3) is 0 Å². The molecule has 1 N–H and O–H groups in total. The molecule has 1 saturated carbocycles. The predicted molar refractivity (Wildman–Crippen MR) is 91.0 cm³/mol. The fourth-order valence-electron chi connectivity index (χ4n) is 3.01. The maximum atomic E-state index is 12.0. The number of hydrogen-bond acceptors (Lipinski definition) is 4. The fraction of sp³-hybridized carbons (Fsp3) is 0.688. The predicted octanol–water partition coefficient (Wildman–Crippen LogP) is 2.85. The van der Waals surface area contributed by atoms with E-state index < -0.39 is 9.84 Å². The molecule has 1 amide bonds. The van der Waals surface area contributed by atoms with E-state index in [0.29, 0.717) is 12.8 Å². The van der Waals surface area contributed by atoms with Gasteiger partial charge in [0.1, 0.15) is 9.84 Å². The summed E-state index contributed by atoms with van der Waals surface area (Å²) in [5.41, 5.74) is 0. The van der Waals surface area contributed by atoms with Crippen LogP contribution < -0.4 is 5.32 Å². The molecule has 2 atom stereocenters. The van der Waals surface area contributed by atoms with Crippen LogP contribution >= 0.6 is 11.3 Å². The summed E-state index contributed by atoms with van der Waals surface area (Å²) in [6.07, 6.45) is 6.63. The highest BCUT2D eigenvalue weighted by Crippen LogP contribution is 2.24. The molecule has 2 rings (SSSR count). The Morgan fingerprint density at radius 1 is 1.36 bits per heavy atom. The van der Waals surface area contributed by atoms with E-state index in [-0.39, 0.29) is 17.2 Å². The summed E-state index contributed by atoms with van der Waals surface area (Å²) in [5, 5.41) is 2.72. The van der Waals surface area contributed by atoms with Crippen molar-refractivity contribution in [2.75, 3.05) is 6.26 Å². The van der Waals surface area contributed by atoms with E-state index in [1.165, 1.54) is 16.0 Å². The van der Waals surface area contributed by atoms with E-state index in [1.54, 1.807) is 11.3 Å². The molecule has 0 aromatic carbocycles. The molecule has 1 fully saturated rings. The van der Waals surface area contributed by atoms with Crippen LogP contribution in [0.2, 0.25) is 0 Å². The van der Waals surface area contributed by atoms with E-state index in [1.807, 2.05) is 0 Å². The first-order valence-electron chi connectivity index (χ1n) is 7.88. The molecular weight excluding hydrogens is 318 g/mol. The maximum absolute atomic E-state index is 12.0. The lowest BCUT2D eigenvalue weighted by Gasteiger charge is -2.28. The summed E-state index contributed by atoms with van der Waals surface area (Å²) >= 11 is 1.78. The molecule has 1 aromatic heterocycles. The van der Waals surface area contributed by atoms with E-state index >= 15 is 0 Å². The van der Waals surface area contributed by atoms with Gasteiger partial charge in [-0.3, -0.25) is 4.79 Å². The van der Waals surface area contributed by atoms with Gasteiger partial charge in [0.05, 0.1) is 5.25 Å². The Hall–Kier alpha value is -0.880. The third-order valence-electron chi connectivity index (χ3n) is 4.22. The monoisotopic (exact) mass is 343 g/mol. The number of amides is 1.